The van der Waals surface area contributed by atoms with E-state index in [0.29, 0.717) is 39.1 Å². The molecule has 25 heavy (non-hydrogen) atoms. The molecule has 2 saturated heterocycles. The van der Waals surface area contributed by atoms with Crippen molar-refractivity contribution < 1.29 is 19.0 Å². The zero-order valence-electron chi connectivity index (χ0n) is 14.2. The van der Waals surface area contributed by atoms with Crippen LogP contribution in [0.1, 0.15) is 37.4 Å². The number of piperidine rings is 1. The molecule has 3 N–H and O–H groups in total. The molecule has 0 spiro atoms. The molecular weight excluding hydrogens is 347 g/mol. The third-order valence-electron chi connectivity index (χ3n) is 5.30. The standard InChI is InChI=1S/C18H25FN2O3.ClH/c19-15-3-1-13(2-4-15)16(22)14-5-9-21(10-6-14)17(23)18(20)7-11-24-12-8-18;/h1-4,14,16,22H,5-12,20H2;1H. The van der Waals surface area contributed by atoms with Crippen LogP contribution >= 0.6 is 12.4 Å². The zero-order chi connectivity index (χ0) is 17.2. The number of carbonyl (C=O) groups excluding carboxylic acids is 1. The van der Waals surface area contributed by atoms with Gasteiger partial charge >= 0.3 is 0 Å². The van der Waals surface area contributed by atoms with E-state index in [2.05, 4.69) is 0 Å². The molecule has 2 heterocycles. The van der Waals surface area contributed by atoms with E-state index in [-0.39, 0.29) is 30.0 Å². The molecule has 1 amide bonds. The van der Waals surface area contributed by atoms with Crippen molar-refractivity contribution in [2.45, 2.75) is 37.3 Å². The SMILES string of the molecule is Cl.NC1(C(=O)N2CCC(C(O)c3ccc(F)cc3)CC2)CCOCC1. The first kappa shape index (κ1) is 20.1. The number of carbonyl (C=O) groups is 1. The highest BCUT2D eigenvalue weighted by atomic mass is 35.5. The van der Waals surface area contributed by atoms with Crippen molar-refractivity contribution in [3.8, 4) is 0 Å². The highest BCUT2D eigenvalue weighted by Crippen LogP contribution is 2.32. The van der Waals surface area contributed by atoms with Crippen LogP contribution in [0, 0.1) is 11.7 Å². The van der Waals surface area contributed by atoms with E-state index in [1.807, 2.05) is 4.90 Å². The van der Waals surface area contributed by atoms with Gasteiger partial charge in [0.1, 0.15) is 5.82 Å². The van der Waals surface area contributed by atoms with Crippen molar-refractivity contribution in [1.82, 2.24) is 4.90 Å². The molecule has 0 aliphatic carbocycles. The van der Waals surface area contributed by atoms with Crippen molar-refractivity contribution in [2.75, 3.05) is 26.3 Å². The molecule has 2 fully saturated rings. The molecule has 0 radical (unpaired) electrons. The Hall–Kier alpha value is -1.21. The van der Waals surface area contributed by atoms with Gasteiger partial charge in [0.15, 0.2) is 0 Å². The van der Waals surface area contributed by atoms with E-state index in [9.17, 15) is 14.3 Å². The number of benzene rings is 1. The van der Waals surface area contributed by atoms with Crippen molar-refractivity contribution in [1.29, 1.82) is 0 Å². The number of amides is 1. The first-order valence-corrected chi connectivity index (χ1v) is 8.59. The minimum absolute atomic E-state index is 0. The normalized spacial score (nSPS) is 22.1. The van der Waals surface area contributed by atoms with Crippen LogP contribution in [0.15, 0.2) is 24.3 Å². The van der Waals surface area contributed by atoms with Crippen LogP contribution in [-0.4, -0.2) is 47.8 Å². The van der Waals surface area contributed by atoms with Gasteiger partial charge in [0.25, 0.3) is 0 Å². The van der Waals surface area contributed by atoms with Crippen molar-refractivity contribution >= 4 is 18.3 Å². The highest BCUT2D eigenvalue weighted by Gasteiger charge is 2.40. The Morgan fingerprint density at radius 3 is 2.36 bits per heavy atom. The number of ether oxygens (including phenoxy) is 1. The summed E-state index contributed by atoms with van der Waals surface area (Å²) in [4.78, 5) is 14.5. The molecule has 1 unspecified atom stereocenters. The fourth-order valence-corrected chi connectivity index (χ4v) is 3.61. The molecule has 1 atom stereocenters. The minimum Gasteiger partial charge on any atom is -0.388 e. The Morgan fingerprint density at radius 2 is 1.80 bits per heavy atom. The second-order valence-electron chi connectivity index (χ2n) is 6.89. The number of likely N-dealkylation sites (tertiary alicyclic amines) is 1. The number of hydrogen-bond donors (Lipinski definition) is 2. The molecule has 7 heteroatoms. The van der Waals surface area contributed by atoms with Crippen LogP contribution in [0.4, 0.5) is 4.39 Å². The second kappa shape index (κ2) is 8.45. The predicted molar refractivity (Wildman–Crippen MR) is 94.9 cm³/mol. The molecule has 0 saturated carbocycles. The van der Waals surface area contributed by atoms with E-state index in [4.69, 9.17) is 10.5 Å². The Morgan fingerprint density at radius 1 is 1.24 bits per heavy atom. The third-order valence-corrected chi connectivity index (χ3v) is 5.30. The summed E-state index contributed by atoms with van der Waals surface area (Å²) < 4.78 is 18.3. The maximum atomic E-state index is 13.0. The van der Waals surface area contributed by atoms with Crippen LogP contribution in [0.5, 0.6) is 0 Å². The highest BCUT2D eigenvalue weighted by molar-refractivity contribution is 5.86. The van der Waals surface area contributed by atoms with Gasteiger partial charge in [-0.1, -0.05) is 12.1 Å². The molecule has 2 aliphatic heterocycles. The van der Waals surface area contributed by atoms with E-state index in [1.54, 1.807) is 12.1 Å². The number of rotatable bonds is 3. The van der Waals surface area contributed by atoms with Gasteiger partial charge in [-0.05, 0) is 49.3 Å². The summed E-state index contributed by atoms with van der Waals surface area (Å²) >= 11 is 0. The summed E-state index contributed by atoms with van der Waals surface area (Å²) in [6.07, 6.45) is 1.93. The lowest BCUT2D eigenvalue weighted by atomic mass is 9.85. The summed E-state index contributed by atoms with van der Waals surface area (Å²) in [7, 11) is 0. The number of hydrogen-bond acceptors (Lipinski definition) is 4. The Balaban J connectivity index is 0.00000225. The number of halogens is 2. The zero-order valence-corrected chi connectivity index (χ0v) is 15.0. The largest absolute Gasteiger partial charge is 0.388 e. The van der Waals surface area contributed by atoms with E-state index in [1.165, 1.54) is 12.1 Å². The lowest BCUT2D eigenvalue weighted by molar-refractivity contribution is -0.142. The van der Waals surface area contributed by atoms with Gasteiger partial charge in [-0.3, -0.25) is 4.79 Å². The van der Waals surface area contributed by atoms with Crippen LogP contribution in [0.25, 0.3) is 0 Å². The van der Waals surface area contributed by atoms with Gasteiger partial charge in [0.05, 0.1) is 11.6 Å². The number of aliphatic hydroxyl groups excluding tert-OH is 1. The third kappa shape index (κ3) is 4.50. The maximum absolute atomic E-state index is 13.0. The number of nitrogens with two attached hydrogens (primary N) is 1. The predicted octanol–water partition coefficient (Wildman–Crippen LogP) is 2.03. The lowest BCUT2D eigenvalue weighted by Gasteiger charge is -2.40. The van der Waals surface area contributed by atoms with Crippen molar-refractivity contribution in [3.05, 3.63) is 35.6 Å². The Labute approximate surface area is 153 Å². The van der Waals surface area contributed by atoms with Gasteiger partial charge in [-0.25, -0.2) is 4.39 Å². The average molecular weight is 373 g/mol. The van der Waals surface area contributed by atoms with Gasteiger partial charge in [0, 0.05) is 26.3 Å². The average Bonchev–Trinajstić information content (AvgIpc) is 2.62. The van der Waals surface area contributed by atoms with Gasteiger partial charge < -0.3 is 20.5 Å². The van der Waals surface area contributed by atoms with Crippen LogP contribution in [0.2, 0.25) is 0 Å². The van der Waals surface area contributed by atoms with Crippen molar-refractivity contribution in [3.63, 3.8) is 0 Å². The first-order valence-electron chi connectivity index (χ1n) is 8.59. The quantitative estimate of drug-likeness (QED) is 0.851. The Kier molecular flexibility index (Phi) is 6.79. The minimum atomic E-state index is -0.805. The number of nitrogens with zero attached hydrogens (tertiary/aromatic N) is 1. The van der Waals surface area contributed by atoms with E-state index < -0.39 is 11.6 Å². The monoisotopic (exact) mass is 372 g/mol. The van der Waals surface area contributed by atoms with Gasteiger partial charge in [0.2, 0.25) is 5.91 Å². The summed E-state index contributed by atoms with van der Waals surface area (Å²) in [5, 5.41) is 10.5. The second-order valence-corrected chi connectivity index (χ2v) is 6.89. The van der Waals surface area contributed by atoms with Crippen LogP contribution < -0.4 is 5.73 Å². The molecule has 3 rings (SSSR count). The first-order chi connectivity index (χ1) is 11.5. The smallest absolute Gasteiger partial charge is 0.242 e. The fourth-order valence-electron chi connectivity index (χ4n) is 3.61. The molecule has 5 nitrogen and oxygen atoms in total. The molecule has 140 valence electrons. The van der Waals surface area contributed by atoms with Crippen LogP contribution in [0.3, 0.4) is 0 Å². The van der Waals surface area contributed by atoms with E-state index >= 15 is 0 Å². The summed E-state index contributed by atoms with van der Waals surface area (Å²) in [5.74, 6) is -0.237. The Bertz CT molecular complexity index is 570. The number of aliphatic hydroxyl groups is 1. The fraction of sp³-hybridized carbons (Fsp3) is 0.611. The summed E-state index contributed by atoms with van der Waals surface area (Å²) in [5.41, 5.74) is 6.20. The summed E-state index contributed by atoms with van der Waals surface area (Å²) in [6.45, 7) is 2.26. The van der Waals surface area contributed by atoms with E-state index in [0.717, 1.165) is 18.4 Å². The summed E-state index contributed by atoms with van der Waals surface area (Å²) in [6, 6.07) is 5.96. The molecule has 1 aromatic carbocycles. The van der Waals surface area contributed by atoms with Crippen molar-refractivity contribution in [2.24, 2.45) is 11.7 Å². The van der Waals surface area contributed by atoms with Crippen LogP contribution in [-0.2, 0) is 9.53 Å². The lowest BCUT2D eigenvalue weighted by Crippen LogP contribution is -2.59. The maximum Gasteiger partial charge on any atom is 0.242 e. The molecular formula is C18H26ClFN2O3. The van der Waals surface area contributed by atoms with Gasteiger partial charge in [-0.15, -0.1) is 12.4 Å². The molecule has 2 aliphatic rings. The topological polar surface area (TPSA) is 75.8 Å². The molecule has 0 aromatic heterocycles. The molecule has 0 bridgehead atoms. The van der Waals surface area contributed by atoms with Gasteiger partial charge in [-0.2, -0.15) is 0 Å². The molecule has 1 aromatic rings.